The Hall–Kier alpha value is -1.03. The molecule has 0 amide bonds. The summed E-state index contributed by atoms with van der Waals surface area (Å²) < 4.78 is 5.63. The molecule has 4 heteroatoms. The Bertz CT molecular complexity index is 412. The molecule has 0 spiro atoms. The Morgan fingerprint density at radius 2 is 2.00 bits per heavy atom. The van der Waals surface area contributed by atoms with E-state index in [1.165, 1.54) is 12.8 Å². The van der Waals surface area contributed by atoms with Gasteiger partial charge in [0.25, 0.3) is 6.01 Å². The van der Waals surface area contributed by atoms with Crippen LogP contribution in [0.1, 0.15) is 53.2 Å². The average Bonchev–Trinajstić information content (AvgIpc) is 2.84. The molecule has 1 saturated heterocycles. The molecule has 0 bridgehead atoms. The van der Waals surface area contributed by atoms with E-state index in [1.54, 1.807) is 6.26 Å². The number of aromatic nitrogens is 1. The minimum Gasteiger partial charge on any atom is -0.432 e. The highest BCUT2D eigenvalue weighted by atomic mass is 16.4. The van der Waals surface area contributed by atoms with Gasteiger partial charge in [-0.2, -0.15) is 4.98 Å². The number of hydrogen-bond donors (Lipinski definition) is 1. The first kappa shape index (κ1) is 15.4. The second-order valence-electron chi connectivity index (χ2n) is 7.28. The summed E-state index contributed by atoms with van der Waals surface area (Å²) in [4.78, 5) is 6.87. The number of oxazole rings is 1. The molecule has 0 aliphatic carbocycles. The van der Waals surface area contributed by atoms with E-state index < -0.39 is 0 Å². The van der Waals surface area contributed by atoms with E-state index in [1.807, 2.05) is 0 Å². The molecular formula is C16H29N3O. The van der Waals surface area contributed by atoms with E-state index in [2.05, 4.69) is 49.8 Å². The zero-order chi connectivity index (χ0) is 14.8. The molecule has 1 aromatic rings. The van der Waals surface area contributed by atoms with Crippen molar-refractivity contribution in [2.24, 2.45) is 11.3 Å². The minimum atomic E-state index is 0.412. The third-order valence-electron chi connectivity index (χ3n) is 4.22. The van der Waals surface area contributed by atoms with Gasteiger partial charge >= 0.3 is 0 Å². The van der Waals surface area contributed by atoms with Crippen LogP contribution < -0.4 is 10.2 Å². The van der Waals surface area contributed by atoms with E-state index in [-0.39, 0.29) is 0 Å². The topological polar surface area (TPSA) is 41.3 Å². The van der Waals surface area contributed by atoms with Gasteiger partial charge in [-0.3, -0.25) is 0 Å². The first-order valence-corrected chi connectivity index (χ1v) is 7.79. The van der Waals surface area contributed by atoms with Gasteiger partial charge in [0.05, 0.1) is 5.69 Å². The highest BCUT2D eigenvalue weighted by molar-refractivity contribution is 5.27. The predicted molar refractivity (Wildman–Crippen MR) is 82.9 cm³/mol. The van der Waals surface area contributed by atoms with E-state index in [9.17, 15) is 0 Å². The van der Waals surface area contributed by atoms with Gasteiger partial charge in [0.2, 0.25) is 0 Å². The molecule has 114 valence electrons. The summed E-state index contributed by atoms with van der Waals surface area (Å²) in [6.45, 7) is 14.2. The van der Waals surface area contributed by atoms with Crippen LogP contribution in [0.3, 0.4) is 0 Å². The quantitative estimate of drug-likeness (QED) is 0.916. The number of piperidine rings is 1. The van der Waals surface area contributed by atoms with E-state index in [0.717, 1.165) is 37.3 Å². The Kier molecular flexibility index (Phi) is 4.74. The molecule has 0 radical (unpaired) electrons. The highest BCUT2D eigenvalue weighted by Gasteiger charge is 2.30. The van der Waals surface area contributed by atoms with Crippen LogP contribution in [0, 0.1) is 11.3 Å². The van der Waals surface area contributed by atoms with Gasteiger partial charge in [-0.05, 0) is 24.2 Å². The molecule has 2 heterocycles. The van der Waals surface area contributed by atoms with Crippen LogP contribution in [0.15, 0.2) is 10.7 Å². The highest BCUT2D eigenvalue weighted by Crippen LogP contribution is 2.35. The summed E-state index contributed by atoms with van der Waals surface area (Å²) >= 11 is 0. The van der Waals surface area contributed by atoms with E-state index >= 15 is 0 Å². The third kappa shape index (κ3) is 3.98. The standard InChI is InChI=1S/C16H29N3O/c1-12(2)17-10-14-11-20-15(18-14)19-8-6-13(7-9-19)16(3,4)5/h11-13,17H,6-10H2,1-5H3. The molecule has 1 aliphatic rings. The van der Waals surface area contributed by atoms with Crippen LogP contribution in [0.4, 0.5) is 6.01 Å². The van der Waals surface area contributed by atoms with Crippen molar-refractivity contribution < 1.29 is 4.42 Å². The Morgan fingerprint density at radius 1 is 1.35 bits per heavy atom. The van der Waals surface area contributed by atoms with Crippen LogP contribution in [-0.4, -0.2) is 24.1 Å². The van der Waals surface area contributed by atoms with Gasteiger partial charge in [0.15, 0.2) is 0 Å². The Labute approximate surface area is 122 Å². The van der Waals surface area contributed by atoms with Crippen molar-refractivity contribution in [3.8, 4) is 0 Å². The van der Waals surface area contributed by atoms with Gasteiger partial charge in [0, 0.05) is 25.7 Å². The number of nitrogens with one attached hydrogen (secondary N) is 1. The monoisotopic (exact) mass is 279 g/mol. The molecule has 20 heavy (non-hydrogen) atoms. The van der Waals surface area contributed by atoms with Crippen LogP contribution in [0.25, 0.3) is 0 Å². The predicted octanol–water partition coefficient (Wildman–Crippen LogP) is 3.44. The number of hydrogen-bond acceptors (Lipinski definition) is 4. The average molecular weight is 279 g/mol. The second-order valence-corrected chi connectivity index (χ2v) is 7.28. The summed E-state index contributed by atoms with van der Waals surface area (Å²) in [5.41, 5.74) is 1.40. The Morgan fingerprint density at radius 3 is 2.55 bits per heavy atom. The zero-order valence-corrected chi connectivity index (χ0v) is 13.6. The van der Waals surface area contributed by atoms with E-state index in [4.69, 9.17) is 4.42 Å². The number of anilines is 1. The SMILES string of the molecule is CC(C)NCc1coc(N2CCC(C(C)(C)C)CC2)n1. The summed E-state index contributed by atoms with van der Waals surface area (Å²) in [5, 5.41) is 3.36. The lowest BCUT2D eigenvalue weighted by atomic mass is 9.75. The van der Waals surface area contributed by atoms with Crippen molar-refractivity contribution in [3.05, 3.63) is 12.0 Å². The van der Waals surface area contributed by atoms with Gasteiger partial charge in [-0.1, -0.05) is 34.6 Å². The fourth-order valence-electron chi connectivity index (χ4n) is 2.77. The van der Waals surface area contributed by atoms with Gasteiger partial charge in [0.1, 0.15) is 6.26 Å². The maximum absolute atomic E-state index is 5.63. The van der Waals surface area contributed by atoms with Crippen LogP contribution in [0.5, 0.6) is 0 Å². The molecule has 1 N–H and O–H groups in total. The van der Waals surface area contributed by atoms with Crippen LogP contribution in [0.2, 0.25) is 0 Å². The van der Waals surface area contributed by atoms with Crippen molar-refractivity contribution >= 4 is 6.01 Å². The molecule has 0 atom stereocenters. The maximum atomic E-state index is 5.63. The van der Waals surface area contributed by atoms with Gasteiger partial charge in [-0.25, -0.2) is 0 Å². The van der Waals surface area contributed by atoms with Gasteiger partial charge in [-0.15, -0.1) is 0 Å². The summed E-state index contributed by atoms with van der Waals surface area (Å²) in [6.07, 6.45) is 4.23. The first-order chi connectivity index (χ1) is 9.36. The Balaban J connectivity index is 1.88. The van der Waals surface area contributed by atoms with E-state index in [0.29, 0.717) is 11.5 Å². The summed E-state index contributed by atoms with van der Waals surface area (Å²) in [5.74, 6) is 0.802. The fourth-order valence-corrected chi connectivity index (χ4v) is 2.77. The van der Waals surface area contributed by atoms with Crippen molar-refractivity contribution in [3.63, 3.8) is 0 Å². The normalized spacial score (nSPS) is 18.0. The molecule has 2 rings (SSSR count). The number of nitrogens with zero attached hydrogens (tertiary/aromatic N) is 2. The van der Waals surface area contributed by atoms with Crippen LogP contribution >= 0.6 is 0 Å². The molecule has 0 aromatic carbocycles. The zero-order valence-electron chi connectivity index (χ0n) is 13.6. The lowest BCUT2D eigenvalue weighted by Gasteiger charge is -2.38. The molecule has 0 unspecified atom stereocenters. The summed E-state index contributed by atoms with van der Waals surface area (Å²) in [6, 6.07) is 1.26. The molecule has 1 aliphatic heterocycles. The molecule has 1 fully saturated rings. The maximum Gasteiger partial charge on any atom is 0.297 e. The largest absolute Gasteiger partial charge is 0.432 e. The first-order valence-electron chi connectivity index (χ1n) is 7.79. The fraction of sp³-hybridized carbons (Fsp3) is 0.812. The van der Waals surface area contributed by atoms with Crippen molar-refractivity contribution in [1.29, 1.82) is 0 Å². The minimum absolute atomic E-state index is 0.412. The lowest BCUT2D eigenvalue weighted by molar-refractivity contribution is 0.196. The molecule has 4 nitrogen and oxygen atoms in total. The number of rotatable bonds is 4. The lowest BCUT2D eigenvalue weighted by Crippen LogP contribution is -2.38. The van der Waals surface area contributed by atoms with Crippen molar-refractivity contribution in [2.45, 2.75) is 60.0 Å². The second kappa shape index (κ2) is 6.17. The molecule has 0 saturated carbocycles. The van der Waals surface area contributed by atoms with Gasteiger partial charge < -0.3 is 14.6 Å². The van der Waals surface area contributed by atoms with Crippen LogP contribution in [-0.2, 0) is 6.54 Å². The molecular weight excluding hydrogens is 250 g/mol. The van der Waals surface area contributed by atoms with Crippen molar-refractivity contribution in [1.82, 2.24) is 10.3 Å². The smallest absolute Gasteiger partial charge is 0.297 e. The summed E-state index contributed by atoms with van der Waals surface area (Å²) in [7, 11) is 0. The molecule has 1 aromatic heterocycles. The third-order valence-corrected chi connectivity index (χ3v) is 4.22. The van der Waals surface area contributed by atoms with Crippen molar-refractivity contribution in [2.75, 3.05) is 18.0 Å².